The second-order valence-electron chi connectivity index (χ2n) is 9.83. The van der Waals surface area contributed by atoms with Gasteiger partial charge in [0.05, 0.1) is 24.0 Å². The van der Waals surface area contributed by atoms with Gasteiger partial charge in [0.25, 0.3) is 0 Å². The first-order chi connectivity index (χ1) is 33.1. The maximum atomic E-state index is 12.9. The number of benzene rings is 2. The van der Waals surface area contributed by atoms with E-state index in [1.807, 2.05) is 184 Å². The van der Waals surface area contributed by atoms with Crippen molar-refractivity contribution in [3.63, 3.8) is 0 Å². The monoisotopic (exact) mass is 1600 g/mol. The average Bonchev–Trinajstić information content (AvgIpc) is 4.03. The Hall–Kier alpha value is 4.26. The van der Waals surface area contributed by atoms with Crippen LogP contribution in [-0.4, -0.2) is 12.6 Å². The number of halogens is 4. The first kappa shape index (κ1) is 66.5. The highest BCUT2D eigenvalue weighted by Crippen LogP contribution is 2.47. The number of alkyl halides is 4. The first-order valence-electron chi connectivity index (χ1n) is 15.6. The summed E-state index contributed by atoms with van der Waals surface area (Å²) in [4.78, 5) is 0. The summed E-state index contributed by atoms with van der Waals surface area (Å²) in [5.74, 6) is 0.00769. The lowest BCUT2D eigenvalue weighted by molar-refractivity contribution is -0.287. The Balaban J connectivity index is 0.000000310. The van der Waals surface area contributed by atoms with Gasteiger partial charge in [-0.25, -0.2) is 0 Å². The van der Waals surface area contributed by atoms with Gasteiger partial charge in [0.1, 0.15) is 0 Å². The van der Waals surface area contributed by atoms with Crippen LogP contribution in [0.15, 0.2) is 36.4 Å². The van der Waals surface area contributed by atoms with Crippen LogP contribution in [0.5, 0.6) is 23.0 Å². The third-order valence-corrected chi connectivity index (χ3v) is 79.6. The first-order valence-corrected chi connectivity index (χ1v) is 62.2. The summed E-state index contributed by atoms with van der Waals surface area (Å²) in [6, 6.07) is 13.2. The van der Waals surface area contributed by atoms with Crippen LogP contribution >= 0.6 is 0 Å². The molecule has 1 saturated carbocycles. The van der Waals surface area contributed by atoms with E-state index in [2.05, 4.69) is 25.0 Å². The molecular weight excluding hydrogens is 1590 g/mol. The van der Waals surface area contributed by atoms with E-state index in [9.17, 15) is 22.8 Å². The standard InChI is InChI=1S/C13H11F2NO2.C9H5F2NO2.S36/c14-13(15)17-10-4-3-9(7-11(10)18-13)12(8-16)5-1-2-6-12;10-9(11)13-7-2-1-6(3-4-12)5-8(7)14-9;1-3-5-7-9-11-13-15-17-19-21-23-25-27-29-31-33-35-36-34-32-30-28-26-24-22-20-18-16-14-12-10-8-6-4-2/h3-4,7H,1-2,5-6H2;1-2,5H,3H2;. The maximum absolute atomic E-state index is 12.9. The van der Waals surface area contributed by atoms with Crippen molar-refractivity contribution in [2.24, 2.45) is 0 Å². The fourth-order valence-electron chi connectivity index (χ4n) is 4.25. The molecule has 0 saturated heterocycles. The molecule has 2 aliphatic heterocycles. The van der Waals surface area contributed by atoms with Crippen molar-refractivity contribution in [2.75, 3.05) is 0 Å². The van der Waals surface area contributed by atoms with Gasteiger partial charge >= 0.3 is 12.6 Å². The zero-order valence-corrected chi connectivity index (χ0v) is 60.6. The van der Waals surface area contributed by atoms with Gasteiger partial charge in [-0.2, -0.15) is 10.5 Å². The molecule has 5 rings (SSSR count). The predicted molar refractivity (Wildman–Crippen MR) is 366 cm³/mol. The minimum Gasteiger partial charge on any atom is -0.395 e. The molecular formula is C22H16F4N2O4S36. The van der Waals surface area contributed by atoms with Crippen LogP contribution < -0.4 is 18.9 Å². The summed E-state index contributed by atoms with van der Waals surface area (Å²) in [7, 11) is 60.1. The van der Waals surface area contributed by atoms with Crippen molar-refractivity contribution in [1.82, 2.24) is 0 Å². The smallest absolute Gasteiger partial charge is 0.395 e. The Bertz CT molecular complexity index is 3760. The number of fused-ring (bicyclic) bond motifs is 2. The highest BCUT2D eigenvalue weighted by Gasteiger charge is 2.45. The molecule has 46 heteroatoms. The number of hydrogen-bond acceptors (Lipinski definition) is 8. The van der Waals surface area contributed by atoms with E-state index in [0.29, 0.717) is 5.56 Å². The lowest BCUT2D eigenvalue weighted by atomic mass is 9.80. The Labute approximate surface area is 493 Å². The number of nitriles is 2. The van der Waals surface area contributed by atoms with Crippen LogP contribution in [0.4, 0.5) is 17.6 Å². The summed E-state index contributed by atoms with van der Waals surface area (Å²) in [5.41, 5.74) is 0.797. The fourth-order valence-corrected chi connectivity index (χ4v) is 92.1. The quantitative estimate of drug-likeness (QED) is 0.374. The second-order valence-corrected chi connectivity index (χ2v) is 70.0. The molecule has 0 aromatic heterocycles. The van der Waals surface area contributed by atoms with E-state index >= 15 is 0 Å². The van der Waals surface area contributed by atoms with Gasteiger partial charge in [0.15, 0.2) is 23.0 Å². The Morgan fingerprint density at radius 2 is 0.721 bits per heavy atom. The molecule has 2 heterocycles. The van der Waals surface area contributed by atoms with Crippen LogP contribution in [0.2, 0.25) is 0 Å². The molecule has 0 spiro atoms. The molecule has 0 amide bonds. The van der Waals surface area contributed by atoms with Crippen LogP contribution in [0.25, 0.3) is 0 Å². The lowest BCUT2D eigenvalue weighted by Crippen LogP contribution is -2.26. The fraction of sp³-hybridized carbons (Fsp3) is 0.364. The normalized spacial score (nSPS) is 13.4. The van der Waals surface area contributed by atoms with Crippen molar-refractivity contribution in [2.45, 2.75) is 50.1 Å². The highest BCUT2D eigenvalue weighted by molar-refractivity contribution is 8.80. The van der Waals surface area contributed by atoms with Crippen LogP contribution in [-0.2, 0) is 336 Å². The molecule has 1 aliphatic carbocycles. The summed E-state index contributed by atoms with van der Waals surface area (Å²) in [6.45, 7) is 0. The summed E-state index contributed by atoms with van der Waals surface area (Å²) in [6.07, 6.45) is -3.54. The van der Waals surface area contributed by atoms with Crippen molar-refractivity contribution < 1.29 is 36.5 Å². The zero-order valence-electron chi connectivity index (χ0n) is 31.2. The van der Waals surface area contributed by atoms with E-state index in [1.54, 1.807) is 119 Å². The molecule has 0 radical (unpaired) electrons. The molecule has 0 N–H and O–H groups in total. The minimum absolute atomic E-state index is 0.00307. The third-order valence-electron chi connectivity index (χ3n) is 6.29. The van der Waals surface area contributed by atoms with E-state index in [4.69, 9.17) is 27.6 Å². The number of hydrogen-bond donors (Lipinski definition) is 0. The lowest BCUT2D eigenvalue weighted by Gasteiger charge is -2.20. The molecule has 0 bridgehead atoms. The molecule has 1 fully saturated rings. The SMILES string of the molecule is N#CC1(c2ccc3c(c2)OC(F)(F)O3)CCCC1.N#CCc1ccc2c(c1)OC(F)(F)O2.S=S=S=S=S=S=S=S=S=S=S=S=S=S=S=S=S=S=S=S=S=S=S=S=S=S=S=S=S=S=S=S=S=S=S=S. The molecule has 6 nitrogen and oxygen atoms in total. The van der Waals surface area contributed by atoms with Crippen molar-refractivity contribution in [3.8, 4) is 35.1 Å². The van der Waals surface area contributed by atoms with Gasteiger partial charge in [0, 0.05) is 324 Å². The number of rotatable bonds is 2. The topological polar surface area (TPSA) is 84.5 Å². The van der Waals surface area contributed by atoms with Gasteiger partial charge in [-0.15, -0.1) is 17.6 Å². The molecule has 382 valence electrons. The second kappa shape index (κ2) is 42.2. The van der Waals surface area contributed by atoms with E-state index in [-0.39, 0.29) is 29.4 Å². The van der Waals surface area contributed by atoms with Crippen LogP contribution in [0, 0.1) is 22.7 Å². The number of ether oxygens (including phenoxy) is 4. The van der Waals surface area contributed by atoms with E-state index < -0.39 is 18.0 Å². The molecule has 0 atom stereocenters. The molecule has 2 aromatic rings. The molecule has 0 unspecified atom stereocenters. The zero-order chi connectivity index (χ0) is 49.0. The highest BCUT2D eigenvalue weighted by atomic mass is 33.5. The maximum Gasteiger partial charge on any atom is 0.586 e. The minimum atomic E-state index is -3.60. The average molecular weight is 1600 g/mol. The molecule has 3 aliphatic rings. The summed E-state index contributed by atoms with van der Waals surface area (Å²) >= 11 is 9.59. The van der Waals surface area contributed by atoms with Crippen molar-refractivity contribution in [3.05, 3.63) is 47.5 Å². The predicted octanol–water partition coefficient (Wildman–Crippen LogP) is 5.33. The molecule has 2 aromatic carbocycles. The Kier molecular flexibility index (Phi) is 41.3. The van der Waals surface area contributed by atoms with Crippen LogP contribution in [0.3, 0.4) is 0 Å². The van der Waals surface area contributed by atoms with Gasteiger partial charge in [-0.05, 0) is 48.2 Å². The van der Waals surface area contributed by atoms with Crippen molar-refractivity contribution >= 4 is 324 Å². The summed E-state index contributed by atoms with van der Waals surface area (Å²) < 4.78 is 68.1. The van der Waals surface area contributed by atoms with E-state index in [1.165, 1.54) is 42.0 Å². The van der Waals surface area contributed by atoms with Crippen LogP contribution in [0.1, 0.15) is 36.8 Å². The Morgan fingerprint density at radius 3 is 1.03 bits per heavy atom. The van der Waals surface area contributed by atoms with Crippen molar-refractivity contribution in [1.29, 1.82) is 10.5 Å². The number of nitrogens with zero attached hydrogens (tertiary/aromatic N) is 2. The molecule has 68 heavy (non-hydrogen) atoms. The van der Waals surface area contributed by atoms with Gasteiger partial charge in [0.2, 0.25) is 0 Å². The Morgan fingerprint density at radius 1 is 0.426 bits per heavy atom. The summed E-state index contributed by atoms with van der Waals surface area (Å²) in [5, 5.41) is 17.8. The van der Waals surface area contributed by atoms with Gasteiger partial charge in [-0.1, -0.05) is 25.0 Å². The largest absolute Gasteiger partial charge is 0.586 e. The van der Waals surface area contributed by atoms with Gasteiger partial charge in [-0.3, -0.25) is 0 Å². The third kappa shape index (κ3) is 31.0. The van der Waals surface area contributed by atoms with Gasteiger partial charge < -0.3 is 18.9 Å². The van der Waals surface area contributed by atoms with E-state index in [0.717, 1.165) is 31.2 Å².